The average Bonchev–Trinajstić information content (AvgIpc) is 3.67. The third-order valence-electron chi connectivity index (χ3n) is 10.9. The molecule has 0 unspecified atom stereocenters. The molecule has 0 amide bonds. The van der Waals surface area contributed by atoms with E-state index in [1.807, 2.05) is 0 Å². The fourth-order valence-corrected chi connectivity index (χ4v) is 8.17. The Hall–Kier alpha value is -3.00. The first kappa shape index (κ1) is 41.8. The summed E-state index contributed by atoms with van der Waals surface area (Å²) in [7, 11) is 0. The van der Waals surface area contributed by atoms with Gasteiger partial charge in [0.25, 0.3) is 0 Å². The molecule has 1 aliphatic heterocycles. The van der Waals surface area contributed by atoms with E-state index in [0.29, 0.717) is 0 Å². The molecule has 6 rings (SSSR count). The number of rotatable bonds is 0. The molecule has 4 aromatic rings. The Morgan fingerprint density at radius 1 is 0.385 bits per heavy atom. The molecule has 2 nitrogen and oxygen atoms in total. The zero-order valence-electron chi connectivity index (χ0n) is 36.7. The van der Waals surface area contributed by atoms with Crippen LogP contribution in [-0.4, -0.2) is 6.61 Å². The van der Waals surface area contributed by atoms with Crippen molar-refractivity contribution in [3.05, 3.63) is 98.8 Å². The minimum Gasteiger partial charge on any atom is -0.493 e. The SMILES string of the molecule is CC(C)(C)c1ccc(C(C)(C)C)c2c1CCCC2.CC(C)(C)c1ccc(C(C)(C)C)c2c1CCO2.CC(C)(C)c1ccc(C(C)(C)C)c2occc12. The van der Waals surface area contributed by atoms with Crippen molar-refractivity contribution >= 4 is 11.0 Å². The summed E-state index contributed by atoms with van der Waals surface area (Å²) >= 11 is 0. The van der Waals surface area contributed by atoms with Crippen molar-refractivity contribution < 1.29 is 9.15 Å². The minimum atomic E-state index is 0.118. The fraction of sp³-hybridized carbons (Fsp3) is 0.600. The number of benzene rings is 3. The number of furan rings is 1. The van der Waals surface area contributed by atoms with Crippen LogP contribution in [0.5, 0.6) is 5.75 Å². The van der Waals surface area contributed by atoms with Crippen LogP contribution in [0.2, 0.25) is 0 Å². The first-order valence-corrected chi connectivity index (χ1v) is 20.1. The van der Waals surface area contributed by atoms with Crippen molar-refractivity contribution in [2.45, 2.75) is 189 Å². The smallest absolute Gasteiger partial charge is 0.137 e. The van der Waals surface area contributed by atoms with Gasteiger partial charge in [0.05, 0.1) is 12.9 Å². The molecule has 0 bridgehead atoms. The molecule has 0 atom stereocenters. The lowest BCUT2D eigenvalue weighted by atomic mass is 9.72. The Balaban J connectivity index is 0.000000175. The second-order valence-corrected chi connectivity index (χ2v) is 21.7. The highest BCUT2D eigenvalue weighted by Gasteiger charge is 2.31. The van der Waals surface area contributed by atoms with E-state index >= 15 is 0 Å². The van der Waals surface area contributed by atoms with Gasteiger partial charge >= 0.3 is 0 Å². The van der Waals surface area contributed by atoms with Crippen molar-refractivity contribution in [3.63, 3.8) is 0 Å². The zero-order chi connectivity index (χ0) is 39.2. The van der Waals surface area contributed by atoms with Gasteiger partial charge in [0.15, 0.2) is 0 Å². The van der Waals surface area contributed by atoms with E-state index in [1.165, 1.54) is 58.9 Å². The predicted molar refractivity (Wildman–Crippen MR) is 227 cm³/mol. The summed E-state index contributed by atoms with van der Waals surface area (Å²) in [5, 5.41) is 1.25. The van der Waals surface area contributed by atoms with Crippen LogP contribution >= 0.6 is 0 Å². The molecule has 2 heterocycles. The first-order chi connectivity index (χ1) is 23.6. The standard InChI is InChI=1S/C18H28.C16H24O.C16H22O/c1-17(2,3)15-11-12-16(18(4,5)6)14-10-8-7-9-13(14)15;2*1-15(2,3)12-7-8-13(16(4,5)6)14-11(12)9-10-17-14/h11-12H,7-10H2,1-6H3;7-8H,9-10H2,1-6H3;7-10H,1-6H3. The molecule has 0 saturated carbocycles. The van der Waals surface area contributed by atoms with Crippen LogP contribution in [0.25, 0.3) is 11.0 Å². The molecule has 0 N–H and O–H groups in total. The largest absolute Gasteiger partial charge is 0.493 e. The van der Waals surface area contributed by atoms with Crippen LogP contribution < -0.4 is 4.74 Å². The Morgan fingerprint density at radius 3 is 1.17 bits per heavy atom. The molecule has 52 heavy (non-hydrogen) atoms. The summed E-state index contributed by atoms with van der Waals surface area (Å²) in [5.41, 5.74) is 15.6. The van der Waals surface area contributed by atoms with Gasteiger partial charge < -0.3 is 9.15 Å². The topological polar surface area (TPSA) is 22.4 Å². The number of hydrogen-bond acceptors (Lipinski definition) is 2. The second kappa shape index (κ2) is 14.7. The Bertz CT molecular complexity index is 1700. The van der Waals surface area contributed by atoms with Crippen LogP contribution in [0.3, 0.4) is 0 Å². The lowest BCUT2D eigenvalue weighted by Crippen LogP contribution is -2.23. The molecule has 286 valence electrons. The van der Waals surface area contributed by atoms with Crippen molar-refractivity contribution in [1.29, 1.82) is 0 Å². The van der Waals surface area contributed by atoms with E-state index in [2.05, 4.69) is 167 Å². The van der Waals surface area contributed by atoms with E-state index in [9.17, 15) is 0 Å². The summed E-state index contributed by atoms with van der Waals surface area (Å²) in [5.74, 6) is 1.16. The van der Waals surface area contributed by atoms with Crippen LogP contribution in [0.4, 0.5) is 0 Å². The van der Waals surface area contributed by atoms with Gasteiger partial charge in [-0.05, 0) is 103 Å². The van der Waals surface area contributed by atoms with Gasteiger partial charge in [-0.2, -0.15) is 0 Å². The average molecular weight is 707 g/mol. The number of hydrogen-bond donors (Lipinski definition) is 0. The van der Waals surface area contributed by atoms with Crippen LogP contribution in [0.15, 0.2) is 53.1 Å². The second-order valence-electron chi connectivity index (χ2n) is 21.7. The quantitative estimate of drug-likeness (QED) is 0.182. The molecular weight excluding hydrogens is 633 g/mol. The predicted octanol–water partition coefficient (Wildman–Crippen LogP) is 14.4. The van der Waals surface area contributed by atoms with E-state index in [1.54, 1.807) is 28.5 Å². The summed E-state index contributed by atoms with van der Waals surface area (Å²) in [4.78, 5) is 0. The molecule has 0 saturated heterocycles. The molecule has 2 aliphatic rings. The lowest BCUT2D eigenvalue weighted by Gasteiger charge is -2.33. The summed E-state index contributed by atoms with van der Waals surface area (Å²) < 4.78 is 11.6. The summed E-state index contributed by atoms with van der Waals surface area (Å²) in [6, 6.07) is 15.9. The highest BCUT2D eigenvalue weighted by Crippen LogP contribution is 2.43. The van der Waals surface area contributed by atoms with Crippen LogP contribution in [0.1, 0.15) is 188 Å². The normalized spacial score (nSPS) is 15.2. The van der Waals surface area contributed by atoms with E-state index in [4.69, 9.17) is 9.15 Å². The molecule has 1 aromatic heterocycles. The van der Waals surface area contributed by atoms with Crippen molar-refractivity contribution in [1.82, 2.24) is 0 Å². The third-order valence-corrected chi connectivity index (χ3v) is 10.9. The third kappa shape index (κ3) is 9.37. The maximum absolute atomic E-state index is 5.89. The molecule has 1 aliphatic carbocycles. The van der Waals surface area contributed by atoms with Crippen LogP contribution in [-0.2, 0) is 51.8 Å². The van der Waals surface area contributed by atoms with Gasteiger partial charge in [0.1, 0.15) is 11.3 Å². The maximum Gasteiger partial charge on any atom is 0.137 e. The lowest BCUT2D eigenvalue weighted by molar-refractivity contribution is 0.347. The van der Waals surface area contributed by atoms with Crippen LogP contribution in [0, 0.1) is 0 Å². The molecular formula is C50H74O2. The van der Waals surface area contributed by atoms with E-state index in [0.717, 1.165) is 24.4 Å². The van der Waals surface area contributed by atoms with Gasteiger partial charge in [0, 0.05) is 22.9 Å². The highest BCUT2D eigenvalue weighted by molar-refractivity contribution is 5.85. The van der Waals surface area contributed by atoms with Gasteiger partial charge in [-0.15, -0.1) is 0 Å². The van der Waals surface area contributed by atoms with Gasteiger partial charge in [-0.1, -0.05) is 161 Å². The first-order valence-electron chi connectivity index (χ1n) is 20.1. The molecule has 2 heteroatoms. The highest BCUT2D eigenvalue weighted by atomic mass is 16.5. The van der Waals surface area contributed by atoms with Gasteiger partial charge in [0.2, 0.25) is 0 Å². The van der Waals surface area contributed by atoms with Crippen molar-refractivity contribution in [2.24, 2.45) is 0 Å². The number of ether oxygens (including phenoxy) is 1. The Morgan fingerprint density at radius 2 is 0.750 bits per heavy atom. The zero-order valence-corrected chi connectivity index (χ0v) is 36.7. The summed E-state index contributed by atoms with van der Waals surface area (Å²) in [6.45, 7) is 41.9. The Kier molecular flexibility index (Phi) is 11.8. The van der Waals surface area contributed by atoms with Crippen molar-refractivity contribution in [3.8, 4) is 5.75 Å². The number of fused-ring (bicyclic) bond motifs is 3. The van der Waals surface area contributed by atoms with E-state index in [-0.39, 0.29) is 32.5 Å². The summed E-state index contributed by atoms with van der Waals surface area (Å²) in [6.07, 6.45) is 8.16. The van der Waals surface area contributed by atoms with Crippen molar-refractivity contribution in [2.75, 3.05) is 6.61 Å². The van der Waals surface area contributed by atoms with E-state index < -0.39 is 0 Å². The molecule has 0 radical (unpaired) electrons. The minimum absolute atomic E-state index is 0.118. The van der Waals surface area contributed by atoms with Gasteiger partial charge in [-0.3, -0.25) is 0 Å². The Labute approximate surface area is 319 Å². The van der Waals surface area contributed by atoms with Gasteiger partial charge in [-0.25, -0.2) is 0 Å². The fourth-order valence-electron chi connectivity index (χ4n) is 8.17. The molecule has 3 aromatic carbocycles. The molecule has 0 fully saturated rings. The molecule has 0 spiro atoms. The monoisotopic (exact) mass is 707 g/mol. The maximum atomic E-state index is 5.89.